The molecule has 5 heteroatoms. The number of nitriles is 2. The van der Waals surface area contributed by atoms with Gasteiger partial charge in [-0.3, -0.25) is 0 Å². The van der Waals surface area contributed by atoms with Gasteiger partial charge in [-0.1, -0.05) is 0 Å². The number of hydrogen-bond acceptors (Lipinski definition) is 5. The van der Waals surface area contributed by atoms with Gasteiger partial charge >= 0.3 is 0 Å². The topological polar surface area (TPSA) is 75.3 Å². The van der Waals surface area contributed by atoms with Gasteiger partial charge in [0.15, 0.2) is 11.5 Å². The van der Waals surface area contributed by atoms with Crippen LogP contribution >= 0.6 is 0 Å². The van der Waals surface area contributed by atoms with E-state index < -0.39 is 0 Å². The molecule has 0 unspecified atom stereocenters. The molecule has 0 atom stereocenters. The molecule has 0 amide bonds. The highest BCUT2D eigenvalue weighted by Crippen LogP contribution is 2.41. The van der Waals surface area contributed by atoms with Gasteiger partial charge in [-0.25, -0.2) is 0 Å². The summed E-state index contributed by atoms with van der Waals surface area (Å²) in [6, 6.07) is 7.74. The number of benzene rings is 1. The molecule has 0 saturated carbocycles. The molecule has 0 aliphatic carbocycles. The van der Waals surface area contributed by atoms with E-state index in [4.69, 9.17) is 24.7 Å². The van der Waals surface area contributed by atoms with E-state index in [2.05, 4.69) is 12.1 Å². The Kier molecular flexibility index (Phi) is 5.50. The van der Waals surface area contributed by atoms with Gasteiger partial charge in [-0.15, -0.1) is 0 Å². The largest absolute Gasteiger partial charge is 0.493 e. The Morgan fingerprint density at radius 1 is 0.947 bits per heavy atom. The van der Waals surface area contributed by atoms with E-state index in [0.717, 1.165) is 5.56 Å². The molecule has 0 fully saturated rings. The van der Waals surface area contributed by atoms with Crippen molar-refractivity contribution in [3.63, 3.8) is 0 Å². The summed E-state index contributed by atoms with van der Waals surface area (Å²) in [6.07, 6.45) is 0.540. The smallest absolute Gasteiger partial charge is 0.203 e. The summed E-state index contributed by atoms with van der Waals surface area (Å²) < 4.78 is 15.7. The Morgan fingerprint density at radius 2 is 1.42 bits per heavy atom. The van der Waals surface area contributed by atoms with Gasteiger partial charge in [0.05, 0.1) is 33.5 Å². The Bertz CT molecular complexity index is 473. The minimum Gasteiger partial charge on any atom is -0.493 e. The highest BCUT2D eigenvalue weighted by Gasteiger charge is 2.18. The van der Waals surface area contributed by atoms with Crippen LogP contribution in [-0.2, 0) is 0 Å². The lowest BCUT2D eigenvalue weighted by atomic mass is 9.93. The van der Waals surface area contributed by atoms with E-state index in [0.29, 0.717) is 17.2 Å². The van der Waals surface area contributed by atoms with E-state index in [9.17, 15) is 0 Å². The first-order chi connectivity index (χ1) is 9.21. The predicted octanol–water partition coefficient (Wildman–Crippen LogP) is 2.62. The normalized spacial score (nSPS) is 9.58. The maximum Gasteiger partial charge on any atom is 0.203 e. The fraction of sp³-hybridized carbons (Fsp3) is 0.429. The maximum absolute atomic E-state index is 8.83. The van der Waals surface area contributed by atoms with Crippen molar-refractivity contribution in [3.8, 4) is 29.4 Å². The summed E-state index contributed by atoms with van der Waals surface area (Å²) in [5, 5.41) is 17.7. The van der Waals surface area contributed by atoms with E-state index in [1.165, 1.54) is 21.3 Å². The van der Waals surface area contributed by atoms with Crippen LogP contribution in [0.15, 0.2) is 12.1 Å². The van der Waals surface area contributed by atoms with Crippen molar-refractivity contribution in [1.29, 1.82) is 10.5 Å². The molecule has 19 heavy (non-hydrogen) atoms. The monoisotopic (exact) mass is 260 g/mol. The van der Waals surface area contributed by atoms with E-state index in [1.54, 1.807) is 12.1 Å². The zero-order chi connectivity index (χ0) is 14.3. The molecule has 0 saturated heterocycles. The minimum absolute atomic E-state index is 0.163. The Morgan fingerprint density at radius 3 is 1.74 bits per heavy atom. The third-order valence-electron chi connectivity index (χ3n) is 2.83. The molecule has 100 valence electrons. The molecule has 0 heterocycles. The van der Waals surface area contributed by atoms with Gasteiger partial charge in [-0.2, -0.15) is 10.5 Å². The van der Waals surface area contributed by atoms with Crippen molar-refractivity contribution < 1.29 is 14.2 Å². The van der Waals surface area contributed by atoms with Gasteiger partial charge in [0, 0.05) is 18.8 Å². The zero-order valence-electron chi connectivity index (χ0n) is 11.3. The Labute approximate surface area is 112 Å². The first-order valence-corrected chi connectivity index (χ1v) is 5.75. The average Bonchev–Trinajstić information content (AvgIpc) is 2.45. The summed E-state index contributed by atoms with van der Waals surface area (Å²) >= 11 is 0. The maximum atomic E-state index is 8.83. The quantitative estimate of drug-likeness (QED) is 0.785. The zero-order valence-corrected chi connectivity index (χ0v) is 11.3. The molecule has 0 radical (unpaired) electrons. The lowest BCUT2D eigenvalue weighted by Gasteiger charge is -2.17. The minimum atomic E-state index is -0.163. The van der Waals surface area contributed by atoms with Gasteiger partial charge in [0.2, 0.25) is 5.75 Å². The van der Waals surface area contributed by atoms with Gasteiger partial charge < -0.3 is 14.2 Å². The average molecular weight is 260 g/mol. The molecular weight excluding hydrogens is 244 g/mol. The van der Waals surface area contributed by atoms with Crippen LogP contribution in [0.3, 0.4) is 0 Å². The summed E-state index contributed by atoms with van der Waals surface area (Å²) in [4.78, 5) is 0. The predicted molar refractivity (Wildman–Crippen MR) is 69.3 cm³/mol. The molecule has 0 aromatic heterocycles. The van der Waals surface area contributed by atoms with Crippen molar-refractivity contribution in [2.75, 3.05) is 21.3 Å². The fourth-order valence-corrected chi connectivity index (χ4v) is 1.87. The van der Waals surface area contributed by atoms with E-state index in [1.807, 2.05) is 0 Å². The van der Waals surface area contributed by atoms with Gasteiger partial charge in [-0.05, 0) is 17.7 Å². The van der Waals surface area contributed by atoms with Crippen molar-refractivity contribution in [3.05, 3.63) is 17.7 Å². The molecule has 0 spiro atoms. The second-order valence-electron chi connectivity index (χ2n) is 3.88. The highest BCUT2D eigenvalue weighted by molar-refractivity contribution is 5.54. The first-order valence-electron chi connectivity index (χ1n) is 5.75. The van der Waals surface area contributed by atoms with Crippen LogP contribution in [0.2, 0.25) is 0 Å². The van der Waals surface area contributed by atoms with Crippen LogP contribution in [-0.4, -0.2) is 21.3 Å². The first kappa shape index (κ1) is 14.7. The summed E-state index contributed by atoms with van der Waals surface area (Å²) in [7, 11) is 4.59. The summed E-state index contributed by atoms with van der Waals surface area (Å²) in [5.74, 6) is 1.39. The van der Waals surface area contributed by atoms with Crippen LogP contribution in [0.4, 0.5) is 0 Å². The molecular formula is C14H16N2O3. The molecule has 0 bridgehead atoms. The second kappa shape index (κ2) is 7.13. The molecule has 5 nitrogen and oxygen atoms in total. The highest BCUT2D eigenvalue weighted by atomic mass is 16.5. The van der Waals surface area contributed by atoms with Gasteiger partial charge in [0.25, 0.3) is 0 Å². The summed E-state index contributed by atoms with van der Waals surface area (Å²) in [6.45, 7) is 0. The number of ether oxygens (including phenoxy) is 3. The number of hydrogen-bond donors (Lipinski definition) is 0. The lowest BCUT2D eigenvalue weighted by Crippen LogP contribution is -2.01. The molecule has 1 aromatic rings. The van der Waals surface area contributed by atoms with Crippen LogP contribution in [0, 0.1) is 22.7 Å². The standard InChI is InChI=1S/C14H16N2O3/c1-17-12-8-11(10(4-6-15)5-7-16)9-13(18-2)14(12)19-3/h8-10H,4-5H2,1-3H3. The Hall–Kier alpha value is -2.40. The van der Waals surface area contributed by atoms with Crippen molar-refractivity contribution in [2.45, 2.75) is 18.8 Å². The second-order valence-corrected chi connectivity index (χ2v) is 3.88. The third-order valence-corrected chi connectivity index (χ3v) is 2.83. The molecule has 1 aromatic carbocycles. The molecule has 0 aliphatic rings. The number of nitrogens with zero attached hydrogens (tertiary/aromatic N) is 2. The van der Waals surface area contributed by atoms with E-state index in [-0.39, 0.29) is 18.8 Å². The van der Waals surface area contributed by atoms with Crippen LogP contribution in [0.5, 0.6) is 17.2 Å². The van der Waals surface area contributed by atoms with Crippen LogP contribution in [0.1, 0.15) is 24.3 Å². The van der Waals surface area contributed by atoms with Gasteiger partial charge in [0.1, 0.15) is 0 Å². The van der Waals surface area contributed by atoms with Crippen molar-refractivity contribution in [2.24, 2.45) is 0 Å². The summed E-state index contributed by atoms with van der Waals surface area (Å²) in [5.41, 5.74) is 0.831. The molecule has 0 N–H and O–H groups in total. The van der Waals surface area contributed by atoms with Crippen LogP contribution in [0.25, 0.3) is 0 Å². The number of methoxy groups -OCH3 is 3. The molecule has 1 rings (SSSR count). The lowest BCUT2D eigenvalue weighted by molar-refractivity contribution is 0.323. The molecule has 0 aliphatic heterocycles. The van der Waals surface area contributed by atoms with Crippen LogP contribution < -0.4 is 14.2 Å². The SMILES string of the molecule is COc1cc(C(CC#N)CC#N)cc(OC)c1OC. The van der Waals surface area contributed by atoms with Crippen molar-refractivity contribution in [1.82, 2.24) is 0 Å². The third kappa shape index (κ3) is 3.29. The fourth-order valence-electron chi connectivity index (χ4n) is 1.87. The number of rotatable bonds is 6. The Balaban J connectivity index is 3.28. The van der Waals surface area contributed by atoms with Crippen molar-refractivity contribution >= 4 is 0 Å². The van der Waals surface area contributed by atoms with E-state index >= 15 is 0 Å².